The van der Waals surface area contributed by atoms with Crippen LogP contribution in [0.15, 0.2) is 12.2 Å². The molecule has 0 radical (unpaired) electrons. The number of hydrogen-bond acceptors (Lipinski definition) is 3. The average Bonchev–Trinajstić information content (AvgIpc) is 2.57. The predicted molar refractivity (Wildman–Crippen MR) is 52.1 cm³/mol. The van der Waals surface area contributed by atoms with Gasteiger partial charge in [-0.2, -0.15) is 0 Å². The molecule has 12 heavy (non-hydrogen) atoms. The Hall–Kier alpha value is -0.380. The maximum Gasteiger partial charge on any atom is 0.0167 e. The summed E-state index contributed by atoms with van der Waals surface area (Å²) in [6.07, 6.45) is 5.53. The van der Waals surface area contributed by atoms with E-state index in [1.807, 2.05) is 0 Å². The Labute approximate surface area is 74.6 Å². The van der Waals surface area contributed by atoms with Crippen molar-refractivity contribution in [3.63, 3.8) is 0 Å². The highest BCUT2D eigenvalue weighted by Gasteiger charge is 2.03. The lowest BCUT2D eigenvalue weighted by Crippen LogP contribution is -2.31. The van der Waals surface area contributed by atoms with Gasteiger partial charge in [-0.3, -0.25) is 4.90 Å². The maximum absolute atomic E-state index is 5.37. The molecular formula is C9H19N3. The van der Waals surface area contributed by atoms with Crippen LogP contribution in [0.3, 0.4) is 0 Å². The van der Waals surface area contributed by atoms with E-state index in [0.717, 1.165) is 45.7 Å². The van der Waals surface area contributed by atoms with Crippen LogP contribution in [0.5, 0.6) is 0 Å². The van der Waals surface area contributed by atoms with E-state index in [-0.39, 0.29) is 0 Å². The standard InChI is InChI=1S/C9H19N3/c10-4-3-5-11-6-9-12-7-1-2-8-12/h1-2,11H,3-10H2. The summed E-state index contributed by atoms with van der Waals surface area (Å²) in [7, 11) is 0. The molecule has 0 aromatic heterocycles. The van der Waals surface area contributed by atoms with Crippen molar-refractivity contribution in [2.24, 2.45) is 5.73 Å². The van der Waals surface area contributed by atoms with Crippen LogP contribution >= 0.6 is 0 Å². The minimum atomic E-state index is 0.790. The molecule has 0 spiro atoms. The molecule has 70 valence electrons. The first-order valence-corrected chi connectivity index (χ1v) is 4.71. The van der Waals surface area contributed by atoms with E-state index in [4.69, 9.17) is 5.73 Å². The number of nitrogens with zero attached hydrogens (tertiary/aromatic N) is 1. The van der Waals surface area contributed by atoms with E-state index in [9.17, 15) is 0 Å². The van der Waals surface area contributed by atoms with E-state index in [2.05, 4.69) is 22.4 Å². The third kappa shape index (κ3) is 3.85. The first-order valence-electron chi connectivity index (χ1n) is 4.71. The Morgan fingerprint density at radius 3 is 2.67 bits per heavy atom. The van der Waals surface area contributed by atoms with Gasteiger partial charge >= 0.3 is 0 Å². The van der Waals surface area contributed by atoms with E-state index in [0.29, 0.717) is 0 Å². The van der Waals surface area contributed by atoms with Gasteiger partial charge in [-0.05, 0) is 19.5 Å². The second kappa shape index (κ2) is 6.17. The Morgan fingerprint density at radius 2 is 2.00 bits per heavy atom. The lowest BCUT2D eigenvalue weighted by atomic mass is 10.4. The third-order valence-electron chi connectivity index (χ3n) is 2.06. The zero-order valence-corrected chi connectivity index (χ0v) is 7.63. The normalized spacial score (nSPS) is 17.4. The van der Waals surface area contributed by atoms with Gasteiger partial charge < -0.3 is 11.1 Å². The minimum absolute atomic E-state index is 0.790. The summed E-state index contributed by atoms with van der Waals surface area (Å²) in [5.74, 6) is 0. The third-order valence-corrected chi connectivity index (χ3v) is 2.06. The van der Waals surface area contributed by atoms with Crippen molar-refractivity contribution in [3.05, 3.63) is 12.2 Å². The highest BCUT2D eigenvalue weighted by atomic mass is 15.1. The Kier molecular flexibility index (Phi) is 4.99. The molecule has 0 fully saturated rings. The molecule has 0 saturated heterocycles. The van der Waals surface area contributed by atoms with Gasteiger partial charge in [0, 0.05) is 26.2 Å². The lowest BCUT2D eigenvalue weighted by molar-refractivity contribution is 0.349. The molecule has 1 rings (SSSR count). The zero-order chi connectivity index (χ0) is 8.65. The molecule has 0 unspecified atom stereocenters. The summed E-state index contributed by atoms with van der Waals surface area (Å²) >= 11 is 0. The lowest BCUT2D eigenvalue weighted by Gasteiger charge is -2.14. The number of nitrogens with one attached hydrogen (secondary N) is 1. The van der Waals surface area contributed by atoms with Gasteiger partial charge in [-0.15, -0.1) is 0 Å². The smallest absolute Gasteiger partial charge is 0.0167 e. The molecule has 3 nitrogen and oxygen atoms in total. The van der Waals surface area contributed by atoms with E-state index in [1.165, 1.54) is 0 Å². The van der Waals surface area contributed by atoms with Gasteiger partial charge in [-0.1, -0.05) is 12.2 Å². The first-order chi connectivity index (χ1) is 5.93. The molecule has 0 bridgehead atoms. The van der Waals surface area contributed by atoms with Gasteiger partial charge in [0.05, 0.1) is 0 Å². The average molecular weight is 169 g/mol. The minimum Gasteiger partial charge on any atom is -0.330 e. The predicted octanol–water partition coefficient (Wildman–Crippen LogP) is -0.203. The van der Waals surface area contributed by atoms with Crippen molar-refractivity contribution in [3.8, 4) is 0 Å². The monoisotopic (exact) mass is 169 g/mol. The summed E-state index contributed by atoms with van der Waals surface area (Å²) in [6, 6.07) is 0. The Balaban J connectivity index is 1.82. The van der Waals surface area contributed by atoms with Crippen LogP contribution in [0.2, 0.25) is 0 Å². The number of rotatable bonds is 6. The van der Waals surface area contributed by atoms with Crippen LogP contribution in [-0.2, 0) is 0 Å². The quantitative estimate of drug-likeness (QED) is 0.427. The van der Waals surface area contributed by atoms with Crippen LogP contribution in [0.1, 0.15) is 6.42 Å². The van der Waals surface area contributed by atoms with Crippen molar-refractivity contribution >= 4 is 0 Å². The first kappa shape index (κ1) is 9.71. The zero-order valence-electron chi connectivity index (χ0n) is 7.63. The summed E-state index contributed by atoms with van der Waals surface area (Å²) in [4.78, 5) is 2.41. The van der Waals surface area contributed by atoms with Crippen molar-refractivity contribution in [1.29, 1.82) is 0 Å². The van der Waals surface area contributed by atoms with Crippen LogP contribution in [0, 0.1) is 0 Å². The Morgan fingerprint density at radius 1 is 1.25 bits per heavy atom. The summed E-state index contributed by atoms with van der Waals surface area (Å²) in [6.45, 7) is 6.33. The molecule has 0 amide bonds. The summed E-state index contributed by atoms with van der Waals surface area (Å²) in [5, 5.41) is 3.36. The van der Waals surface area contributed by atoms with Crippen molar-refractivity contribution in [2.45, 2.75) is 6.42 Å². The summed E-state index contributed by atoms with van der Waals surface area (Å²) < 4.78 is 0. The van der Waals surface area contributed by atoms with Gasteiger partial charge in [0.25, 0.3) is 0 Å². The number of hydrogen-bond donors (Lipinski definition) is 2. The van der Waals surface area contributed by atoms with Gasteiger partial charge in [0.2, 0.25) is 0 Å². The second-order valence-electron chi connectivity index (χ2n) is 3.12. The molecule has 0 aromatic carbocycles. The highest BCUT2D eigenvalue weighted by Crippen LogP contribution is 1.96. The molecule has 0 atom stereocenters. The van der Waals surface area contributed by atoms with Gasteiger partial charge in [-0.25, -0.2) is 0 Å². The molecule has 1 aliphatic rings. The molecule has 0 aromatic rings. The van der Waals surface area contributed by atoms with Crippen molar-refractivity contribution in [1.82, 2.24) is 10.2 Å². The topological polar surface area (TPSA) is 41.3 Å². The fourth-order valence-corrected chi connectivity index (χ4v) is 1.29. The molecule has 1 aliphatic heterocycles. The fraction of sp³-hybridized carbons (Fsp3) is 0.778. The largest absolute Gasteiger partial charge is 0.330 e. The van der Waals surface area contributed by atoms with Gasteiger partial charge in [0.15, 0.2) is 0 Å². The van der Waals surface area contributed by atoms with Crippen molar-refractivity contribution < 1.29 is 0 Å². The maximum atomic E-state index is 5.37. The van der Waals surface area contributed by atoms with E-state index < -0.39 is 0 Å². The molecule has 3 heteroatoms. The van der Waals surface area contributed by atoms with E-state index >= 15 is 0 Å². The Bertz CT molecular complexity index is 126. The van der Waals surface area contributed by atoms with Crippen LogP contribution in [0.4, 0.5) is 0 Å². The fourth-order valence-electron chi connectivity index (χ4n) is 1.29. The molecule has 3 N–H and O–H groups in total. The molecule has 1 heterocycles. The second-order valence-corrected chi connectivity index (χ2v) is 3.12. The van der Waals surface area contributed by atoms with Crippen molar-refractivity contribution in [2.75, 3.05) is 39.3 Å². The number of nitrogens with two attached hydrogens (primary N) is 1. The van der Waals surface area contributed by atoms with Crippen LogP contribution in [0.25, 0.3) is 0 Å². The molecular weight excluding hydrogens is 150 g/mol. The molecule has 0 aliphatic carbocycles. The van der Waals surface area contributed by atoms with Gasteiger partial charge in [0.1, 0.15) is 0 Å². The van der Waals surface area contributed by atoms with Crippen LogP contribution in [-0.4, -0.2) is 44.2 Å². The van der Waals surface area contributed by atoms with Crippen LogP contribution < -0.4 is 11.1 Å². The van der Waals surface area contributed by atoms with E-state index in [1.54, 1.807) is 0 Å². The molecule has 0 saturated carbocycles. The summed E-state index contributed by atoms with van der Waals surface area (Å²) in [5.41, 5.74) is 5.37. The highest BCUT2D eigenvalue weighted by molar-refractivity contribution is 4.95. The SMILES string of the molecule is NCCCNCCN1CC=CC1.